The van der Waals surface area contributed by atoms with E-state index < -0.39 is 0 Å². The van der Waals surface area contributed by atoms with Crippen LogP contribution in [0.15, 0.2) is 28.9 Å². The Kier molecular flexibility index (Phi) is 5.09. The van der Waals surface area contributed by atoms with Crippen molar-refractivity contribution < 1.29 is 4.74 Å². The summed E-state index contributed by atoms with van der Waals surface area (Å²) in [6, 6.07) is 6.05. The van der Waals surface area contributed by atoms with E-state index in [1.165, 1.54) is 0 Å². The van der Waals surface area contributed by atoms with Gasteiger partial charge in [0, 0.05) is 14.1 Å². The Morgan fingerprint density at radius 3 is 2.70 bits per heavy atom. The first-order chi connectivity index (χ1) is 9.45. The standard InChI is InChI=1S/C14H17BrIN3O/c1-8(2)19-14(12(20-3)7-18-19)13(17)10-6-9(15)4-5-11(10)16/h4-8,13H,17H2,1-3H3. The number of nitrogens with zero attached hydrogens (tertiary/aromatic N) is 2. The summed E-state index contributed by atoms with van der Waals surface area (Å²) in [7, 11) is 1.64. The molecule has 0 fully saturated rings. The lowest BCUT2D eigenvalue weighted by Crippen LogP contribution is -2.20. The third kappa shape index (κ3) is 3.01. The van der Waals surface area contributed by atoms with Crippen LogP contribution in [0.2, 0.25) is 0 Å². The summed E-state index contributed by atoms with van der Waals surface area (Å²) in [6.45, 7) is 4.16. The van der Waals surface area contributed by atoms with Gasteiger partial charge in [-0.15, -0.1) is 0 Å². The van der Waals surface area contributed by atoms with Crippen molar-refractivity contribution in [1.82, 2.24) is 9.78 Å². The highest BCUT2D eigenvalue weighted by molar-refractivity contribution is 14.1. The van der Waals surface area contributed by atoms with Gasteiger partial charge in [0.2, 0.25) is 0 Å². The molecule has 1 atom stereocenters. The Morgan fingerprint density at radius 1 is 1.40 bits per heavy atom. The number of rotatable bonds is 4. The molecule has 2 aromatic rings. The quantitative estimate of drug-likeness (QED) is 0.720. The number of halogens is 2. The van der Waals surface area contributed by atoms with E-state index in [9.17, 15) is 0 Å². The van der Waals surface area contributed by atoms with Crippen LogP contribution in [0.3, 0.4) is 0 Å². The summed E-state index contributed by atoms with van der Waals surface area (Å²) in [5, 5.41) is 4.38. The van der Waals surface area contributed by atoms with Crippen molar-refractivity contribution in [2.24, 2.45) is 5.73 Å². The molecule has 4 nitrogen and oxygen atoms in total. The maximum absolute atomic E-state index is 6.48. The molecule has 0 spiro atoms. The fraction of sp³-hybridized carbons (Fsp3) is 0.357. The van der Waals surface area contributed by atoms with Gasteiger partial charge in [-0.25, -0.2) is 0 Å². The Morgan fingerprint density at radius 2 is 2.10 bits per heavy atom. The number of nitrogens with two attached hydrogens (primary N) is 1. The third-order valence-electron chi connectivity index (χ3n) is 3.10. The van der Waals surface area contributed by atoms with Gasteiger partial charge in [0.1, 0.15) is 5.69 Å². The smallest absolute Gasteiger partial charge is 0.161 e. The minimum atomic E-state index is -0.278. The van der Waals surface area contributed by atoms with Gasteiger partial charge in [-0.3, -0.25) is 4.68 Å². The summed E-state index contributed by atoms with van der Waals surface area (Å²) in [5.41, 5.74) is 8.44. The lowest BCUT2D eigenvalue weighted by atomic mass is 10.0. The van der Waals surface area contributed by atoms with E-state index in [4.69, 9.17) is 10.5 Å². The van der Waals surface area contributed by atoms with E-state index in [-0.39, 0.29) is 12.1 Å². The van der Waals surface area contributed by atoms with Gasteiger partial charge in [-0.2, -0.15) is 5.10 Å². The SMILES string of the molecule is COc1cnn(C(C)C)c1C(N)c1cc(Br)ccc1I. The van der Waals surface area contributed by atoms with Crippen LogP contribution >= 0.6 is 38.5 Å². The van der Waals surface area contributed by atoms with E-state index in [0.29, 0.717) is 0 Å². The average Bonchev–Trinajstić information content (AvgIpc) is 2.84. The molecule has 108 valence electrons. The molecule has 1 aromatic heterocycles. The molecule has 1 unspecified atom stereocenters. The lowest BCUT2D eigenvalue weighted by molar-refractivity contribution is 0.401. The molecule has 0 saturated carbocycles. The maximum atomic E-state index is 6.48. The van der Waals surface area contributed by atoms with Crippen molar-refractivity contribution in [3.63, 3.8) is 0 Å². The first-order valence-electron chi connectivity index (χ1n) is 6.27. The van der Waals surface area contributed by atoms with Crippen LogP contribution in [0.25, 0.3) is 0 Å². The number of hydrogen-bond acceptors (Lipinski definition) is 3. The van der Waals surface area contributed by atoms with Gasteiger partial charge < -0.3 is 10.5 Å². The molecule has 2 rings (SSSR count). The molecule has 2 N–H and O–H groups in total. The molecule has 0 aliphatic heterocycles. The molecule has 6 heteroatoms. The van der Waals surface area contributed by atoms with Crippen molar-refractivity contribution in [2.45, 2.75) is 25.9 Å². The van der Waals surface area contributed by atoms with Crippen LogP contribution < -0.4 is 10.5 Å². The Balaban J connectivity index is 2.55. The molecular weight excluding hydrogens is 433 g/mol. The zero-order chi connectivity index (χ0) is 14.9. The second kappa shape index (κ2) is 6.44. The first kappa shape index (κ1) is 15.8. The maximum Gasteiger partial charge on any atom is 0.161 e. The number of benzene rings is 1. The van der Waals surface area contributed by atoms with Crippen LogP contribution in [0.4, 0.5) is 0 Å². The summed E-state index contributed by atoms with van der Waals surface area (Å²) >= 11 is 5.80. The zero-order valence-corrected chi connectivity index (χ0v) is 15.3. The summed E-state index contributed by atoms with van der Waals surface area (Å²) in [5.74, 6) is 0.724. The highest BCUT2D eigenvalue weighted by Crippen LogP contribution is 2.33. The van der Waals surface area contributed by atoms with Crippen molar-refractivity contribution in [3.05, 3.63) is 43.7 Å². The van der Waals surface area contributed by atoms with Crippen molar-refractivity contribution in [3.8, 4) is 5.75 Å². The second-order valence-electron chi connectivity index (χ2n) is 4.78. The second-order valence-corrected chi connectivity index (χ2v) is 6.86. The van der Waals surface area contributed by atoms with E-state index in [1.807, 2.05) is 22.9 Å². The Labute approximate surface area is 141 Å². The van der Waals surface area contributed by atoms with E-state index in [0.717, 1.165) is 25.0 Å². The minimum Gasteiger partial charge on any atom is -0.493 e. The van der Waals surface area contributed by atoms with Gasteiger partial charge >= 0.3 is 0 Å². The minimum absolute atomic E-state index is 0.227. The fourth-order valence-corrected chi connectivity index (χ4v) is 3.17. The summed E-state index contributed by atoms with van der Waals surface area (Å²) < 4.78 is 9.46. The van der Waals surface area contributed by atoms with E-state index in [1.54, 1.807) is 13.3 Å². The van der Waals surface area contributed by atoms with Gasteiger partial charge in [0.05, 0.1) is 19.3 Å². The van der Waals surface area contributed by atoms with Gasteiger partial charge in [-0.1, -0.05) is 15.9 Å². The van der Waals surface area contributed by atoms with E-state index in [2.05, 4.69) is 57.5 Å². The number of hydrogen-bond donors (Lipinski definition) is 1. The highest BCUT2D eigenvalue weighted by atomic mass is 127. The molecule has 20 heavy (non-hydrogen) atoms. The molecule has 0 bridgehead atoms. The molecule has 1 heterocycles. The van der Waals surface area contributed by atoms with Crippen molar-refractivity contribution >= 4 is 38.5 Å². The highest BCUT2D eigenvalue weighted by Gasteiger charge is 2.23. The lowest BCUT2D eigenvalue weighted by Gasteiger charge is -2.19. The fourth-order valence-electron chi connectivity index (χ4n) is 2.12. The van der Waals surface area contributed by atoms with Crippen LogP contribution in [0.1, 0.15) is 37.2 Å². The van der Waals surface area contributed by atoms with Crippen LogP contribution in [0, 0.1) is 3.57 Å². The molecule has 0 radical (unpaired) electrons. The normalized spacial score (nSPS) is 12.8. The molecule has 0 saturated heterocycles. The first-order valence-corrected chi connectivity index (χ1v) is 8.14. The zero-order valence-electron chi connectivity index (χ0n) is 11.6. The predicted octanol–water partition coefficient (Wildman–Crippen LogP) is 3.89. The van der Waals surface area contributed by atoms with Crippen LogP contribution in [0.5, 0.6) is 5.75 Å². The Hall–Kier alpha value is -0.600. The largest absolute Gasteiger partial charge is 0.493 e. The predicted molar refractivity (Wildman–Crippen MR) is 92.1 cm³/mol. The van der Waals surface area contributed by atoms with Crippen molar-refractivity contribution in [2.75, 3.05) is 7.11 Å². The molecular formula is C14H17BrIN3O. The average molecular weight is 450 g/mol. The van der Waals surface area contributed by atoms with Gasteiger partial charge in [0.25, 0.3) is 0 Å². The molecule has 0 aliphatic rings. The molecule has 0 aliphatic carbocycles. The topological polar surface area (TPSA) is 53.1 Å². The van der Waals surface area contributed by atoms with Crippen LogP contribution in [-0.2, 0) is 0 Å². The number of aromatic nitrogens is 2. The van der Waals surface area contributed by atoms with E-state index >= 15 is 0 Å². The van der Waals surface area contributed by atoms with Gasteiger partial charge in [0.15, 0.2) is 5.75 Å². The van der Waals surface area contributed by atoms with Gasteiger partial charge in [-0.05, 0) is 60.2 Å². The number of ether oxygens (including phenoxy) is 1. The molecule has 0 amide bonds. The molecule has 1 aromatic carbocycles. The Bertz CT molecular complexity index is 612. The third-order valence-corrected chi connectivity index (χ3v) is 4.57. The summed E-state index contributed by atoms with van der Waals surface area (Å²) in [6.07, 6.45) is 1.72. The van der Waals surface area contributed by atoms with Crippen LogP contribution in [-0.4, -0.2) is 16.9 Å². The summed E-state index contributed by atoms with van der Waals surface area (Å²) in [4.78, 5) is 0. The van der Waals surface area contributed by atoms with Crippen molar-refractivity contribution in [1.29, 1.82) is 0 Å². The monoisotopic (exact) mass is 449 g/mol. The number of methoxy groups -OCH3 is 1.